The third-order valence-corrected chi connectivity index (χ3v) is 10.2. The summed E-state index contributed by atoms with van der Waals surface area (Å²) in [4.78, 5) is 38.0. The molecule has 14 heteroatoms. The predicted molar refractivity (Wildman–Crippen MR) is 177 cm³/mol. The quantitative estimate of drug-likeness (QED) is 0.0506. The minimum atomic E-state index is -0.672. The van der Waals surface area contributed by atoms with E-state index in [-0.39, 0.29) is 19.8 Å². The van der Waals surface area contributed by atoms with Crippen LogP contribution in [0, 0.1) is 5.41 Å². The maximum absolute atomic E-state index is 12.8. The van der Waals surface area contributed by atoms with Gasteiger partial charge in [0.1, 0.15) is 29.8 Å². The first-order valence-electron chi connectivity index (χ1n) is 14.1. The number of benzene rings is 3. The number of thioether (sulfide) groups is 3. The lowest BCUT2D eigenvalue weighted by atomic mass is 9.97. The fraction of sp³-hybridized carbons (Fsp3) is 0.219. The molecule has 46 heavy (non-hydrogen) atoms. The third kappa shape index (κ3) is 8.05. The van der Waals surface area contributed by atoms with Gasteiger partial charge in [-0.15, -0.1) is 0 Å². The second-order valence-corrected chi connectivity index (χ2v) is 12.9. The molecule has 3 aromatic heterocycles. The Bertz CT molecular complexity index is 1680. The van der Waals surface area contributed by atoms with Crippen LogP contribution in [0.15, 0.2) is 114 Å². The number of amides is 1. The number of alkyl carbamates (subject to hydrolysis) is 1. The summed E-state index contributed by atoms with van der Waals surface area (Å²) in [6.07, 6.45) is 0.411. The standard InChI is InChI=1S/C32H28N4O7S3/c1-2-27(37)39-16-15-33-28(38)40-17-32(18-44-29-34-21-9-3-6-12-24(21)41-29,19-45-30-35-22-10-4-7-13-25(22)42-30)20-46-31-36-23-11-5-8-14-26(23)43-31/h2-14H,1,15-20H2,(H,33,38). The van der Waals surface area contributed by atoms with Crippen LogP contribution in [0.4, 0.5) is 4.79 Å². The molecule has 0 radical (unpaired) electrons. The van der Waals surface area contributed by atoms with Crippen LogP contribution in [0.1, 0.15) is 0 Å². The molecule has 1 N–H and O–H groups in total. The fourth-order valence-corrected chi connectivity index (χ4v) is 7.74. The SMILES string of the molecule is C=CC(=O)OCCNC(=O)OCC(CSc1nc2ccccc2o1)(CSc1nc2ccccc2o1)CSc1nc2ccccc2o1. The molecule has 236 valence electrons. The first-order chi connectivity index (χ1) is 22.5. The van der Waals surface area contributed by atoms with E-state index < -0.39 is 17.5 Å². The van der Waals surface area contributed by atoms with E-state index >= 15 is 0 Å². The third-order valence-electron chi connectivity index (χ3n) is 6.62. The number of hydrogen-bond donors (Lipinski definition) is 1. The van der Waals surface area contributed by atoms with Gasteiger partial charge in [-0.3, -0.25) is 0 Å². The molecule has 0 saturated carbocycles. The lowest BCUT2D eigenvalue weighted by Gasteiger charge is -2.31. The van der Waals surface area contributed by atoms with Gasteiger partial charge in [0.15, 0.2) is 16.7 Å². The fourth-order valence-electron chi connectivity index (χ4n) is 4.27. The number of carbonyl (C=O) groups is 2. The van der Waals surface area contributed by atoms with Crippen LogP contribution in [0.2, 0.25) is 0 Å². The Balaban J connectivity index is 1.23. The zero-order valence-electron chi connectivity index (χ0n) is 24.4. The monoisotopic (exact) mass is 676 g/mol. The molecule has 0 fully saturated rings. The average molecular weight is 677 g/mol. The number of para-hydroxylation sites is 6. The number of fused-ring (bicyclic) bond motifs is 3. The molecular formula is C32H28N4O7S3. The number of nitrogens with one attached hydrogen (secondary N) is 1. The van der Waals surface area contributed by atoms with Crippen molar-refractivity contribution in [1.82, 2.24) is 20.3 Å². The van der Waals surface area contributed by atoms with Gasteiger partial charge >= 0.3 is 12.1 Å². The summed E-state index contributed by atoms with van der Waals surface area (Å²) in [6.45, 7) is 3.45. The summed E-state index contributed by atoms with van der Waals surface area (Å²) in [5.74, 6) is 0.817. The predicted octanol–water partition coefficient (Wildman–Crippen LogP) is 7.23. The van der Waals surface area contributed by atoms with Gasteiger partial charge < -0.3 is 28.0 Å². The number of ether oxygens (including phenoxy) is 2. The van der Waals surface area contributed by atoms with Crippen LogP contribution >= 0.6 is 35.3 Å². The Labute approximate surface area is 275 Å². The number of nitrogens with zero attached hydrogens (tertiary/aromatic N) is 3. The topological polar surface area (TPSA) is 143 Å². The van der Waals surface area contributed by atoms with Gasteiger partial charge in [-0.25, -0.2) is 24.5 Å². The second-order valence-electron chi connectivity index (χ2n) is 10.1. The van der Waals surface area contributed by atoms with Crippen LogP contribution in [0.25, 0.3) is 33.3 Å². The van der Waals surface area contributed by atoms with Gasteiger partial charge in [0.05, 0.1) is 6.54 Å². The molecule has 3 aromatic carbocycles. The van der Waals surface area contributed by atoms with Crippen molar-refractivity contribution in [2.24, 2.45) is 5.41 Å². The minimum Gasteiger partial charge on any atom is -0.461 e. The Hall–Kier alpha value is -4.40. The average Bonchev–Trinajstić information content (AvgIpc) is 3.81. The summed E-state index contributed by atoms with van der Waals surface area (Å²) in [6, 6.07) is 22.7. The number of esters is 1. The molecule has 0 unspecified atom stereocenters. The number of hydrogen-bond acceptors (Lipinski definition) is 13. The first-order valence-corrected chi connectivity index (χ1v) is 17.1. The second kappa shape index (κ2) is 14.8. The van der Waals surface area contributed by atoms with E-state index in [9.17, 15) is 9.59 Å². The minimum absolute atomic E-state index is 0.0141. The number of rotatable bonds is 15. The zero-order chi connectivity index (χ0) is 31.8. The Morgan fingerprint density at radius 1 is 0.717 bits per heavy atom. The van der Waals surface area contributed by atoms with Crippen molar-refractivity contribution in [2.75, 3.05) is 37.0 Å². The summed E-state index contributed by atoms with van der Waals surface area (Å²) in [7, 11) is 0. The number of oxazole rings is 3. The van der Waals surface area contributed by atoms with Gasteiger partial charge in [0, 0.05) is 28.7 Å². The summed E-state index contributed by atoms with van der Waals surface area (Å²) in [5.41, 5.74) is 3.65. The number of aromatic nitrogens is 3. The molecule has 3 heterocycles. The molecule has 0 aliphatic heterocycles. The molecule has 1 amide bonds. The molecular weight excluding hydrogens is 649 g/mol. The highest BCUT2D eigenvalue weighted by molar-refractivity contribution is 8.00. The van der Waals surface area contributed by atoms with E-state index in [0.29, 0.717) is 49.7 Å². The van der Waals surface area contributed by atoms with Crippen LogP contribution in [-0.4, -0.2) is 64.0 Å². The van der Waals surface area contributed by atoms with Crippen molar-refractivity contribution >= 4 is 80.6 Å². The normalized spacial score (nSPS) is 11.7. The van der Waals surface area contributed by atoms with Gasteiger partial charge in [-0.05, 0) is 36.4 Å². The smallest absolute Gasteiger partial charge is 0.407 e. The highest BCUT2D eigenvalue weighted by atomic mass is 32.2. The molecule has 6 rings (SSSR count). The van der Waals surface area contributed by atoms with E-state index in [1.807, 2.05) is 72.8 Å². The van der Waals surface area contributed by atoms with E-state index in [0.717, 1.165) is 22.6 Å². The first kappa shape index (κ1) is 31.6. The van der Waals surface area contributed by atoms with Crippen molar-refractivity contribution < 1.29 is 32.3 Å². The highest BCUT2D eigenvalue weighted by Crippen LogP contribution is 2.40. The molecule has 6 aromatic rings. The Kier molecular flexibility index (Phi) is 10.2. The van der Waals surface area contributed by atoms with E-state index in [1.165, 1.54) is 35.3 Å². The Morgan fingerprint density at radius 2 is 1.15 bits per heavy atom. The van der Waals surface area contributed by atoms with Crippen LogP contribution in [-0.2, 0) is 14.3 Å². The maximum atomic E-state index is 12.8. The van der Waals surface area contributed by atoms with E-state index in [1.54, 1.807) is 0 Å². The van der Waals surface area contributed by atoms with Crippen molar-refractivity contribution in [1.29, 1.82) is 0 Å². The molecule has 0 saturated heterocycles. The molecule has 0 bridgehead atoms. The Morgan fingerprint density at radius 3 is 1.57 bits per heavy atom. The van der Waals surface area contributed by atoms with Gasteiger partial charge in [0.25, 0.3) is 15.7 Å². The molecule has 0 atom stereocenters. The molecule has 0 spiro atoms. The van der Waals surface area contributed by atoms with Crippen LogP contribution in [0.5, 0.6) is 0 Å². The van der Waals surface area contributed by atoms with Gasteiger partial charge in [-0.1, -0.05) is 78.3 Å². The van der Waals surface area contributed by atoms with Gasteiger partial charge in [-0.2, -0.15) is 0 Å². The van der Waals surface area contributed by atoms with E-state index in [2.05, 4.69) is 26.8 Å². The van der Waals surface area contributed by atoms with Crippen LogP contribution in [0.3, 0.4) is 0 Å². The van der Waals surface area contributed by atoms with Crippen molar-refractivity contribution in [3.8, 4) is 0 Å². The largest absolute Gasteiger partial charge is 0.461 e. The zero-order valence-corrected chi connectivity index (χ0v) is 26.8. The summed E-state index contributed by atoms with van der Waals surface area (Å²) >= 11 is 4.28. The molecule has 0 aliphatic carbocycles. The van der Waals surface area contributed by atoms with Crippen molar-refractivity contribution in [3.05, 3.63) is 85.5 Å². The van der Waals surface area contributed by atoms with E-state index in [4.69, 9.17) is 22.7 Å². The van der Waals surface area contributed by atoms with Crippen molar-refractivity contribution in [2.45, 2.75) is 15.7 Å². The summed E-state index contributed by atoms with van der Waals surface area (Å²) in [5, 5.41) is 4.12. The molecule has 11 nitrogen and oxygen atoms in total. The lowest BCUT2D eigenvalue weighted by Crippen LogP contribution is -2.39. The highest BCUT2D eigenvalue weighted by Gasteiger charge is 2.35. The maximum Gasteiger partial charge on any atom is 0.407 e. The summed E-state index contributed by atoms with van der Waals surface area (Å²) < 4.78 is 28.7. The molecule has 0 aliphatic rings. The van der Waals surface area contributed by atoms with Crippen molar-refractivity contribution in [3.63, 3.8) is 0 Å². The number of carbonyl (C=O) groups excluding carboxylic acids is 2. The van der Waals surface area contributed by atoms with Crippen LogP contribution < -0.4 is 5.32 Å². The lowest BCUT2D eigenvalue weighted by molar-refractivity contribution is -0.137. The van der Waals surface area contributed by atoms with Gasteiger partial charge in [0.2, 0.25) is 0 Å².